The number of halogens is 1. The number of nitrogens with zero attached hydrogens (tertiary/aromatic N) is 1. The molecule has 3 aliphatic heterocycles. The fourth-order valence-corrected chi connectivity index (χ4v) is 4.98. The van der Waals surface area contributed by atoms with Crippen LogP contribution in [0.25, 0.3) is 6.08 Å². The fourth-order valence-electron chi connectivity index (χ4n) is 4.46. The van der Waals surface area contributed by atoms with Gasteiger partial charge in [0.05, 0.1) is 30.5 Å². The molecule has 0 radical (unpaired) electrons. The molecule has 0 bridgehead atoms. The highest BCUT2D eigenvalue weighted by Crippen LogP contribution is 2.45. The van der Waals surface area contributed by atoms with Crippen LogP contribution in [0.3, 0.4) is 0 Å². The van der Waals surface area contributed by atoms with Crippen molar-refractivity contribution in [3.8, 4) is 17.2 Å². The zero-order valence-electron chi connectivity index (χ0n) is 17.9. The van der Waals surface area contributed by atoms with Crippen LogP contribution in [-0.2, 0) is 24.4 Å². The number of furan rings is 1. The molecule has 6 rings (SSSR count). The van der Waals surface area contributed by atoms with Crippen LogP contribution in [0, 0.1) is 6.92 Å². The van der Waals surface area contributed by atoms with Crippen LogP contribution in [-0.4, -0.2) is 24.2 Å². The summed E-state index contributed by atoms with van der Waals surface area (Å²) in [5, 5.41) is 0. The Morgan fingerprint density at radius 2 is 2.09 bits per heavy atom. The maximum Gasteiger partial charge on any atom is 0.232 e. The predicted molar refractivity (Wildman–Crippen MR) is 122 cm³/mol. The fraction of sp³-hybridized carbons (Fsp3) is 0.240. The molecule has 0 amide bonds. The molecule has 3 aromatic rings. The molecule has 0 saturated heterocycles. The van der Waals surface area contributed by atoms with Gasteiger partial charge in [-0.2, -0.15) is 0 Å². The highest BCUT2D eigenvalue weighted by molar-refractivity contribution is 9.10. The summed E-state index contributed by atoms with van der Waals surface area (Å²) < 4.78 is 29.7. The molecule has 0 N–H and O–H groups in total. The van der Waals surface area contributed by atoms with E-state index in [-0.39, 0.29) is 18.3 Å². The topological polar surface area (TPSA) is 70.4 Å². The Bertz CT molecular complexity index is 1300. The number of rotatable bonds is 3. The minimum Gasteiger partial charge on any atom is -0.478 e. The number of benzene rings is 2. The summed E-state index contributed by atoms with van der Waals surface area (Å²) >= 11 is 3.53. The van der Waals surface area contributed by atoms with Crippen molar-refractivity contribution in [2.24, 2.45) is 0 Å². The lowest BCUT2D eigenvalue weighted by atomic mass is 9.98. The lowest BCUT2D eigenvalue weighted by molar-refractivity contribution is -0.0165. The Morgan fingerprint density at radius 3 is 2.94 bits per heavy atom. The van der Waals surface area contributed by atoms with Crippen LogP contribution < -0.4 is 14.2 Å². The summed E-state index contributed by atoms with van der Waals surface area (Å²) in [5.74, 6) is 2.99. The molecule has 0 saturated carbocycles. The number of Topliss-reactive ketones (excluding diaryl/α,β-unsaturated/α-hetero) is 1. The van der Waals surface area contributed by atoms with E-state index >= 15 is 0 Å². The van der Waals surface area contributed by atoms with Gasteiger partial charge in [-0.1, -0.05) is 15.9 Å². The van der Waals surface area contributed by atoms with Crippen LogP contribution >= 0.6 is 15.9 Å². The van der Waals surface area contributed by atoms with Crippen LogP contribution in [0.15, 0.2) is 51.2 Å². The molecule has 1 aromatic heterocycles. The number of carbonyl (C=O) groups excluding carboxylic acids is 1. The molecule has 0 atom stereocenters. The standard InChI is InChI=1S/C25H20BrNO6/c1-14-5-20-19(10-27(12-31-20)9-18-3-2-4-30-18)25-22(14)23(28)21(33-25)8-15-6-17(26)7-16-11-29-13-32-24(15)16/h2-8H,9-13H2,1H3/b21-8-. The van der Waals surface area contributed by atoms with Crippen molar-refractivity contribution in [3.63, 3.8) is 0 Å². The van der Waals surface area contributed by atoms with Crippen LogP contribution in [0.5, 0.6) is 17.2 Å². The second-order valence-electron chi connectivity index (χ2n) is 8.25. The van der Waals surface area contributed by atoms with Crippen molar-refractivity contribution in [1.82, 2.24) is 4.90 Å². The molecule has 4 heterocycles. The first-order chi connectivity index (χ1) is 16.1. The van der Waals surface area contributed by atoms with Gasteiger partial charge in [0.1, 0.15) is 29.7 Å². The van der Waals surface area contributed by atoms with Gasteiger partial charge in [0.25, 0.3) is 0 Å². The van der Waals surface area contributed by atoms with Crippen molar-refractivity contribution in [1.29, 1.82) is 0 Å². The molecular weight excluding hydrogens is 490 g/mol. The summed E-state index contributed by atoms with van der Waals surface area (Å²) in [6, 6.07) is 9.58. The molecule has 2 aromatic carbocycles. The SMILES string of the molecule is Cc1cc2c(c3c1C(=O)/C(=C/c1cc(Br)cc4c1OCOC4)O3)CN(Cc1ccco1)CO2. The van der Waals surface area contributed by atoms with Gasteiger partial charge in [-0.25, -0.2) is 0 Å². The lowest BCUT2D eigenvalue weighted by Crippen LogP contribution is -2.31. The summed E-state index contributed by atoms with van der Waals surface area (Å²) in [6.45, 7) is 4.17. The minimum atomic E-state index is -0.144. The van der Waals surface area contributed by atoms with E-state index in [9.17, 15) is 4.79 Å². The Kier molecular flexibility index (Phi) is 5.01. The van der Waals surface area contributed by atoms with Gasteiger partial charge >= 0.3 is 0 Å². The van der Waals surface area contributed by atoms with Crippen LogP contribution in [0.4, 0.5) is 0 Å². The molecular formula is C25H20BrNO6. The van der Waals surface area contributed by atoms with E-state index < -0.39 is 0 Å². The molecule has 0 spiro atoms. The van der Waals surface area contributed by atoms with E-state index in [1.807, 2.05) is 37.3 Å². The van der Waals surface area contributed by atoms with Gasteiger partial charge in [-0.05, 0) is 48.9 Å². The smallest absolute Gasteiger partial charge is 0.232 e. The van der Waals surface area contributed by atoms with E-state index in [4.69, 9.17) is 23.4 Å². The van der Waals surface area contributed by atoms with Gasteiger partial charge in [0, 0.05) is 22.1 Å². The average Bonchev–Trinajstić information content (AvgIpc) is 3.43. The molecule has 0 aliphatic carbocycles. The third-order valence-corrected chi connectivity index (χ3v) is 6.40. The average molecular weight is 510 g/mol. The van der Waals surface area contributed by atoms with Gasteiger partial charge in [0.15, 0.2) is 12.6 Å². The second kappa shape index (κ2) is 8.06. The van der Waals surface area contributed by atoms with Crippen molar-refractivity contribution in [2.75, 3.05) is 13.5 Å². The molecule has 8 heteroatoms. The number of hydrogen-bond donors (Lipinski definition) is 0. The lowest BCUT2D eigenvalue weighted by Gasteiger charge is -2.29. The van der Waals surface area contributed by atoms with Crippen molar-refractivity contribution >= 4 is 27.8 Å². The Labute approximate surface area is 198 Å². The number of fused-ring (bicyclic) bond motifs is 4. The molecule has 33 heavy (non-hydrogen) atoms. The quantitative estimate of drug-likeness (QED) is 0.450. The highest BCUT2D eigenvalue weighted by atomic mass is 79.9. The first-order valence-electron chi connectivity index (χ1n) is 10.6. The van der Waals surface area contributed by atoms with Crippen molar-refractivity contribution in [2.45, 2.75) is 26.6 Å². The number of hydrogen-bond acceptors (Lipinski definition) is 7. The third-order valence-electron chi connectivity index (χ3n) is 5.94. The third kappa shape index (κ3) is 3.64. The first-order valence-corrected chi connectivity index (χ1v) is 11.4. The Hall–Kier alpha value is -3.07. The second-order valence-corrected chi connectivity index (χ2v) is 9.16. The van der Waals surface area contributed by atoms with Gasteiger partial charge in [-0.3, -0.25) is 9.69 Å². The predicted octanol–water partition coefficient (Wildman–Crippen LogP) is 5.19. The molecule has 3 aliphatic rings. The van der Waals surface area contributed by atoms with E-state index in [0.717, 1.165) is 38.2 Å². The maximum atomic E-state index is 13.4. The minimum absolute atomic E-state index is 0.144. The maximum absolute atomic E-state index is 13.4. The zero-order valence-corrected chi connectivity index (χ0v) is 19.4. The van der Waals surface area contributed by atoms with Crippen molar-refractivity contribution < 1.29 is 28.2 Å². The Balaban J connectivity index is 1.36. The summed E-state index contributed by atoms with van der Waals surface area (Å²) in [4.78, 5) is 15.5. The van der Waals surface area contributed by atoms with E-state index in [1.54, 1.807) is 12.3 Å². The van der Waals surface area contributed by atoms with Gasteiger partial charge in [-0.15, -0.1) is 0 Å². The normalized spacial score (nSPS) is 18.2. The van der Waals surface area contributed by atoms with Crippen molar-refractivity contribution in [3.05, 3.63) is 80.4 Å². The van der Waals surface area contributed by atoms with E-state index in [0.29, 0.717) is 43.5 Å². The van der Waals surface area contributed by atoms with E-state index in [1.165, 1.54) is 0 Å². The largest absolute Gasteiger partial charge is 0.478 e. The summed E-state index contributed by atoms with van der Waals surface area (Å²) in [6.07, 6.45) is 3.40. The number of aryl methyl sites for hydroxylation is 1. The zero-order chi connectivity index (χ0) is 22.5. The molecule has 7 nitrogen and oxygen atoms in total. The Morgan fingerprint density at radius 1 is 1.18 bits per heavy atom. The molecule has 0 fully saturated rings. The van der Waals surface area contributed by atoms with E-state index in [2.05, 4.69) is 20.8 Å². The monoisotopic (exact) mass is 509 g/mol. The first kappa shape index (κ1) is 20.5. The number of ether oxygens (including phenoxy) is 4. The van der Waals surface area contributed by atoms with Gasteiger partial charge in [0.2, 0.25) is 5.78 Å². The summed E-state index contributed by atoms with van der Waals surface area (Å²) in [5.41, 5.74) is 3.96. The van der Waals surface area contributed by atoms with Crippen LogP contribution in [0.1, 0.15) is 38.4 Å². The summed E-state index contributed by atoms with van der Waals surface area (Å²) in [7, 11) is 0. The molecule has 168 valence electrons. The number of carbonyl (C=O) groups is 1. The number of ketones is 1. The van der Waals surface area contributed by atoms with Crippen LogP contribution in [0.2, 0.25) is 0 Å². The number of allylic oxidation sites excluding steroid dienone is 1. The highest BCUT2D eigenvalue weighted by Gasteiger charge is 2.36. The van der Waals surface area contributed by atoms with Gasteiger partial charge < -0.3 is 23.4 Å². The molecule has 0 unspecified atom stereocenters.